The second-order valence-electron chi connectivity index (χ2n) is 4.76. The van der Waals surface area contributed by atoms with Crippen LogP contribution in [0.2, 0.25) is 0 Å². The van der Waals surface area contributed by atoms with Crippen LogP contribution in [0.5, 0.6) is 0 Å². The minimum Gasteiger partial charge on any atom is -0.409 e. The van der Waals surface area contributed by atoms with Crippen molar-refractivity contribution in [1.82, 2.24) is 10.2 Å². The zero-order valence-corrected chi connectivity index (χ0v) is 11.5. The van der Waals surface area contributed by atoms with Crippen LogP contribution in [0, 0.1) is 0 Å². The maximum Gasteiger partial charge on any atom is 0.246 e. The van der Waals surface area contributed by atoms with Gasteiger partial charge in [-0.1, -0.05) is 12.1 Å². The van der Waals surface area contributed by atoms with E-state index in [2.05, 4.69) is 15.4 Å². The molecular formula is C12H24N4O3. The highest BCUT2D eigenvalue weighted by Crippen LogP contribution is 2.09. The molecule has 1 heterocycles. The minimum atomic E-state index is -0.0525. The number of nitrogens with one attached hydrogen (secondary N) is 1. The average Bonchev–Trinajstić information content (AvgIpc) is 2.41. The molecule has 0 aliphatic carbocycles. The predicted octanol–water partition coefficient (Wildman–Crippen LogP) is -0.260. The molecule has 19 heavy (non-hydrogen) atoms. The molecule has 0 radical (unpaired) electrons. The smallest absolute Gasteiger partial charge is 0.246 e. The van der Waals surface area contributed by atoms with Crippen molar-refractivity contribution in [3.63, 3.8) is 0 Å². The number of ether oxygens (including phenoxy) is 1. The Morgan fingerprint density at radius 2 is 2.21 bits per heavy atom. The highest BCUT2D eigenvalue weighted by molar-refractivity contribution is 5.81. The number of hydrogen-bond acceptors (Lipinski definition) is 5. The van der Waals surface area contributed by atoms with Gasteiger partial charge in [0.2, 0.25) is 5.91 Å². The van der Waals surface area contributed by atoms with E-state index in [1.54, 1.807) is 0 Å². The summed E-state index contributed by atoms with van der Waals surface area (Å²) in [6, 6.07) is 0.196. The Kier molecular flexibility index (Phi) is 7.20. The molecule has 0 saturated carbocycles. The summed E-state index contributed by atoms with van der Waals surface area (Å²) < 4.78 is 5.19. The van der Waals surface area contributed by atoms with E-state index >= 15 is 0 Å². The molecule has 0 aromatic heterocycles. The first-order chi connectivity index (χ1) is 9.15. The van der Waals surface area contributed by atoms with Crippen LogP contribution in [0.1, 0.15) is 26.2 Å². The monoisotopic (exact) mass is 272 g/mol. The zero-order chi connectivity index (χ0) is 14.1. The molecule has 110 valence electrons. The zero-order valence-electron chi connectivity index (χ0n) is 11.5. The van der Waals surface area contributed by atoms with Crippen molar-refractivity contribution in [2.45, 2.75) is 32.2 Å². The molecule has 1 aliphatic heterocycles. The quantitative estimate of drug-likeness (QED) is 0.195. The fourth-order valence-electron chi connectivity index (χ4n) is 2.07. The van der Waals surface area contributed by atoms with Crippen LogP contribution in [-0.2, 0) is 9.53 Å². The van der Waals surface area contributed by atoms with E-state index in [-0.39, 0.29) is 24.4 Å². The second kappa shape index (κ2) is 8.71. The summed E-state index contributed by atoms with van der Waals surface area (Å²) in [5.41, 5.74) is 5.46. The van der Waals surface area contributed by atoms with Gasteiger partial charge < -0.3 is 21.0 Å². The van der Waals surface area contributed by atoms with Gasteiger partial charge in [-0.25, -0.2) is 0 Å². The van der Waals surface area contributed by atoms with Crippen LogP contribution in [0.3, 0.4) is 0 Å². The normalized spacial score (nSPS) is 18.5. The fraction of sp³-hybridized carbons (Fsp3) is 0.833. The number of carbonyl (C=O) groups is 1. The summed E-state index contributed by atoms with van der Waals surface area (Å²) in [6.07, 6.45) is 2.66. The summed E-state index contributed by atoms with van der Waals surface area (Å²) in [5.74, 6) is 0.166. The number of amidine groups is 1. The lowest BCUT2D eigenvalue weighted by Gasteiger charge is -2.31. The first-order valence-corrected chi connectivity index (χ1v) is 6.71. The number of rotatable bonds is 7. The van der Waals surface area contributed by atoms with Crippen LogP contribution in [-0.4, -0.2) is 60.7 Å². The van der Waals surface area contributed by atoms with Crippen molar-refractivity contribution in [2.75, 3.05) is 32.8 Å². The molecule has 1 rings (SSSR count). The van der Waals surface area contributed by atoms with Crippen molar-refractivity contribution in [1.29, 1.82) is 0 Å². The van der Waals surface area contributed by atoms with Gasteiger partial charge >= 0.3 is 0 Å². The Hall–Kier alpha value is -1.34. The Balaban J connectivity index is 2.17. The molecule has 4 N–H and O–H groups in total. The number of amides is 1. The van der Waals surface area contributed by atoms with Gasteiger partial charge in [-0.15, -0.1) is 0 Å². The van der Waals surface area contributed by atoms with Gasteiger partial charge in [0, 0.05) is 25.7 Å². The third kappa shape index (κ3) is 6.40. The van der Waals surface area contributed by atoms with Gasteiger partial charge in [-0.05, 0) is 19.3 Å². The Labute approximate surface area is 113 Å². The number of piperidine rings is 1. The molecule has 1 fully saturated rings. The van der Waals surface area contributed by atoms with Crippen LogP contribution in [0.4, 0.5) is 0 Å². The molecule has 1 amide bonds. The number of oxime groups is 1. The topological polar surface area (TPSA) is 100 Å². The molecule has 0 atom stereocenters. The van der Waals surface area contributed by atoms with Crippen molar-refractivity contribution in [2.24, 2.45) is 10.9 Å². The number of carbonyl (C=O) groups excluding carboxylic acids is 1. The summed E-state index contributed by atoms with van der Waals surface area (Å²) in [7, 11) is 0. The third-order valence-corrected chi connectivity index (χ3v) is 3.05. The highest BCUT2D eigenvalue weighted by Gasteiger charge is 2.21. The Morgan fingerprint density at radius 3 is 2.79 bits per heavy atom. The van der Waals surface area contributed by atoms with Crippen LogP contribution in [0.25, 0.3) is 0 Å². The lowest BCUT2D eigenvalue weighted by molar-refractivity contribution is -0.126. The standard InChI is InChI=1S/C12H24N4O3/c1-2-7-19-9-12(17)14-10-3-5-16(6-4-10)8-11(13)15-18/h10,18H,2-9H2,1H3,(H2,13,15)(H,14,17). The summed E-state index contributed by atoms with van der Waals surface area (Å²) in [5, 5.41) is 14.4. The van der Waals surface area contributed by atoms with E-state index in [9.17, 15) is 4.79 Å². The SMILES string of the molecule is CCCOCC(=O)NC1CCN(CC(N)=NO)CC1. The molecule has 0 aromatic carbocycles. The Morgan fingerprint density at radius 1 is 1.53 bits per heavy atom. The summed E-state index contributed by atoms with van der Waals surface area (Å²) in [6.45, 7) is 4.89. The van der Waals surface area contributed by atoms with E-state index in [0.29, 0.717) is 13.2 Å². The lowest BCUT2D eigenvalue weighted by Crippen LogP contribution is -2.47. The summed E-state index contributed by atoms with van der Waals surface area (Å²) in [4.78, 5) is 13.7. The number of nitrogens with two attached hydrogens (primary N) is 1. The van der Waals surface area contributed by atoms with Gasteiger partial charge in [0.05, 0.1) is 6.54 Å². The minimum absolute atomic E-state index is 0.0525. The van der Waals surface area contributed by atoms with E-state index in [4.69, 9.17) is 15.7 Å². The molecule has 0 bridgehead atoms. The molecule has 1 aliphatic rings. The largest absolute Gasteiger partial charge is 0.409 e. The van der Waals surface area contributed by atoms with Crippen molar-refractivity contribution in [3.8, 4) is 0 Å². The molecule has 0 spiro atoms. The van der Waals surface area contributed by atoms with Crippen LogP contribution in [0.15, 0.2) is 5.16 Å². The van der Waals surface area contributed by atoms with Crippen LogP contribution >= 0.6 is 0 Å². The van der Waals surface area contributed by atoms with Gasteiger partial charge in [0.15, 0.2) is 5.84 Å². The molecule has 7 heteroatoms. The summed E-state index contributed by atoms with van der Waals surface area (Å²) >= 11 is 0. The number of hydrogen-bond donors (Lipinski definition) is 3. The molecule has 1 saturated heterocycles. The predicted molar refractivity (Wildman–Crippen MR) is 72.1 cm³/mol. The van der Waals surface area contributed by atoms with E-state index < -0.39 is 0 Å². The van der Waals surface area contributed by atoms with Crippen molar-refractivity contribution >= 4 is 11.7 Å². The average molecular weight is 272 g/mol. The van der Waals surface area contributed by atoms with E-state index in [1.807, 2.05) is 6.92 Å². The maximum atomic E-state index is 11.6. The first kappa shape index (κ1) is 15.7. The molecular weight excluding hydrogens is 248 g/mol. The van der Waals surface area contributed by atoms with Gasteiger partial charge in [-0.3, -0.25) is 9.69 Å². The van der Waals surface area contributed by atoms with Gasteiger partial charge in [0.1, 0.15) is 6.61 Å². The van der Waals surface area contributed by atoms with Crippen molar-refractivity contribution < 1.29 is 14.7 Å². The number of likely N-dealkylation sites (tertiary alicyclic amines) is 1. The van der Waals surface area contributed by atoms with Crippen molar-refractivity contribution in [3.05, 3.63) is 0 Å². The van der Waals surface area contributed by atoms with E-state index in [0.717, 1.165) is 32.4 Å². The third-order valence-electron chi connectivity index (χ3n) is 3.05. The second-order valence-corrected chi connectivity index (χ2v) is 4.76. The number of nitrogens with zero attached hydrogens (tertiary/aromatic N) is 2. The fourth-order valence-corrected chi connectivity index (χ4v) is 2.07. The molecule has 0 aromatic rings. The highest BCUT2D eigenvalue weighted by atomic mass is 16.5. The maximum absolute atomic E-state index is 11.6. The lowest BCUT2D eigenvalue weighted by atomic mass is 10.1. The molecule has 0 unspecified atom stereocenters. The van der Waals surface area contributed by atoms with E-state index in [1.165, 1.54) is 0 Å². The Bertz CT molecular complexity index is 301. The van der Waals surface area contributed by atoms with Crippen LogP contribution < -0.4 is 11.1 Å². The van der Waals surface area contributed by atoms with Gasteiger partial charge in [-0.2, -0.15) is 0 Å². The first-order valence-electron chi connectivity index (χ1n) is 6.71. The molecule has 7 nitrogen and oxygen atoms in total. The van der Waals surface area contributed by atoms with Gasteiger partial charge in [0.25, 0.3) is 0 Å².